The molecule has 0 heterocycles. The third-order valence-electron chi connectivity index (χ3n) is 1.83. The third-order valence-corrected chi connectivity index (χ3v) is 1.83. The van der Waals surface area contributed by atoms with Crippen LogP contribution in [0.25, 0.3) is 0 Å². The van der Waals surface area contributed by atoms with Gasteiger partial charge in [0.25, 0.3) is 0 Å². The molecule has 0 radical (unpaired) electrons. The second-order valence-corrected chi connectivity index (χ2v) is 3.29. The van der Waals surface area contributed by atoms with Gasteiger partial charge in [-0.05, 0) is 6.42 Å². The van der Waals surface area contributed by atoms with Gasteiger partial charge in [-0.15, -0.1) is 0 Å². The van der Waals surface area contributed by atoms with E-state index in [1.807, 2.05) is 0 Å². The predicted octanol–water partition coefficient (Wildman–Crippen LogP) is 0.379. The average Bonchev–Trinajstić information content (AvgIpc) is 2.16. The Labute approximate surface area is 97.4 Å². The van der Waals surface area contributed by atoms with Crippen LogP contribution in [0.4, 0.5) is 0 Å². The molecule has 0 amide bonds. The number of aliphatic carboxylic acids is 3. The molecule has 100 valence electrons. The molecule has 0 aliphatic carbocycles. The first-order valence-corrected chi connectivity index (χ1v) is 4.61. The molecule has 0 fully saturated rings. The Bertz CT molecular complexity index is 262. The lowest BCUT2D eigenvalue weighted by Crippen LogP contribution is -2.23. The summed E-state index contributed by atoms with van der Waals surface area (Å²) in [4.78, 5) is 34.4. The molecule has 4 N–H and O–H groups in total. The van der Waals surface area contributed by atoms with Crippen molar-refractivity contribution in [2.45, 2.75) is 19.8 Å². The molecule has 0 bridgehead atoms. The smallest absolute Gasteiger partial charge is 0.307 e. The first-order valence-electron chi connectivity index (χ1n) is 4.61. The number of carboxylic acid groups (broad SMARTS) is 3. The van der Waals surface area contributed by atoms with E-state index in [0.29, 0.717) is 0 Å². The molecule has 0 spiro atoms. The lowest BCUT2D eigenvalue weighted by Gasteiger charge is -2.12. The SMILES string of the molecule is CC(CC(CC(=O)O)C(=O)O)C(=O)O.COO. The molecular weight excluding hydrogens is 236 g/mol. The number of rotatable bonds is 6. The van der Waals surface area contributed by atoms with Crippen LogP contribution >= 0.6 is 0 Å². The zero-order valence-corrected chi connectivity index (χ0v) is 9.49. The number of carbonyl (C=O) groups is 3. The molecule has 0 aromatic carbocycles. The highest BCUT2D eigenvalue weighted by Gasteiger charge is 2.25. The summed E-state index contributed by atoms with van der Waals surface area (Å²) in [5, 5.41) is 32.5. The highest BCUT2D eigenvalue weighted by Crippen LogP contribution is 2.16. The van der Waals surface area contributed by atoms with Crippen molar-refractivity contribution in [2.24, 2.45) is 11.8 Å². The van der Waals surface area contributed by atoms with Crippen molar-refractivity contribution in [3.63, 3.8) is 0 Å². The minimum Gasteiger partial charge on any atom is -0.481 e. The van der Waals surface area contributed by atoms with Crippen LogP contribution in [0, 0.1) is 11.8 Å². The molecule has 0 aromatic rings. The summed E-state index contributed by atoms with van der Waals surface area (Å²) in [5.41, 5.74) is 0. The highest BCUT2D eigenvalue weighted by molar-refractivity contribution is 5.78. The number of hydrogen-bond donors (Lipinski definition) is 4. The summed E-state index contributed by atoms with van der Waals surface area (Å²) in [5.74, 6) is -5.63. The van der Waals surface area contributed by atoms with E-state index in [4.69, 9.17) is 20.6 Å². The molecule has 0 saturated heterocycles. The van der Waals surface area contributed by atoms with Crippen molar-refractivity contribution in [1.29, 1.82) is 0 Å². The van der Waals surface area contributed by atoms with Gasteiger partial charge in [0, 0.05) is 0 Å². The van der Waals surface area contributed by atoms with Crippen molar-refractivity contribution < 1.29 is 39.8 Å². The van der Waals surface area contributed by atoms with E-state index in [-0.39, 0.29) is 6.42 Å². The Kier molecular flexibility index (Phi) is 9.95. The van der Waals surface area contributed by atoms with Crippen LogP contribution in [-0.2, 0) is 19.3 Å². The molecule has 2 unspecified atom stereocenters. The fourth-order valence-electron chi connectivity index (χ4n) is 1.01. The van der Waals surface area contributed by atoms with Crippen molar-refractivity contribution >= 4 is 17.9 Å². The second-order valence-electron chi connectivity index (χ2n) is 3.29. The zero-order valence-electron chi connectivity index (χ0n) is 9.49. The molecule has 0 aromatic heterocycles. The van der Waals surface area contributed by atoms with Gasteiger partial charge in [0.05, 0.1) is 25.4 Å². The van der Waals surface area contributed by atoms with Crippen molar-refractivity contribution in [1.82, 2.24) is 0 Å². The molecule has 8 heteroatoms. The Hall–Kier alpha value is -1.67. The molecule has 2 atom stereocenters. The van der Waals surface area contributed by atoms with Gasteiger partial charge in [0.2, 0.25) is 0 Å². The van der Waals surface area contributed by atoms with Gasteiger partial charge < -0.3 is 15.3 Å². The van der Waals surface area contributed by atoms with Gasteiger partial charge in [-0.25, -0.2) is 4.89 Å². The molecule has 0 saturated carbocycles. The quantitative estimate of drug-likeness (QED) is 0.392. The molecular formula is C9H16O8. The zero-order chi connectivity index (χ0) is 14.0. The van der Waals surface area contributed by atoms with Gasteiger partial charge in [0.1, 0.15) is 0 Å². The Morgan fingerprint density at radius 3 is 1.76 bits per heavy atom. The molecule has 8 nitrogen and oxygen atoms in total. The predicted molar refractivity (Wildman–Crippen MR) is 54.4 cm³/mol. The molecule has 17 heavy (non-hydrogen) atoms. The normalized spacial score (nSPS) is 12.9. The first kappa shape index (κ1) is 17.7. The summed E-state index contributed by atoms with van der Waals surface area (Å²) >= 11 is 0. The van der Waals surface area contributed by atoms with Gasteiger partial charge in [-0.1, -0.05) is 6.92 Å². The van der Waals surface area contributed by atoms with Crippen molar-refractivity contribution in [3.8, 4) is 0 Å². The first-order chi connectivity index (χ1) is 7.76. The minimum absolute atomic E-state index is 0.170. The summed E-state index contributed by atoms with van der Waals surface area (Å²) in [6, 6.07) is 0. The third kappa shape index (κ3) is 10.6. The fraction of sp³-hybridized carbons (Fsp3) is 0.667. The molecule has 0 aliphatic rings. The summed E-state index contributed by atoms with van der Waals surface area (Å²) in [7, 11) is 1.18. The van der Waals surface area contributed by atoms with Crippen LogP contribution in [0.2, 0.25) is 0 Å². The van der Waals surface area contributed by atoms with Gasteiger partial charge in [-0.3, -0.25) is 19.6 Å². The topological polar surface area (TPSA) is 141 Å². The van der Waals surface area contributed by atoms with E-state index in [0.717, 1.165) is 0 Å². The van der Waals surface area contributed by atoms with Crippen LogP contribution in [0.15, 0.2) is 0 Å². The van der Waals surface area contributed by atoms with E-state index in [2.05, 4.69) is 4.89 Å². The maximum Gasteiger partial charge on any atom is 0.307 e. The summed E-state index contributed by atoms with van der Waals surface area (Å²) < 4.78 is 0. The van der Waals surface area contributed by atoms with E-state index >= 15 is 0 Å². The van der Waals surface area contributed by atoms with Gasteiger partial charge >= 0.3 is 17.9 Å². The molecule has 0 rings (SSSR count). The largest absolute Gasteiger partial charge is 0.481 e. The summed E-state index contributed by atoms with van der Waals surface area (Å²) in [6.45, 7) is 1.35. The maximum absolute atomic E-state index is 10.5. The van der Waals surface area contributed by atoms with Crippen LogP contribution in [0.1, 0.15) is 19.8 Å². The standard InChI is InChI=1S/C8H12O6.CH4O2/c1-4(7(11)12)2-5(8(13)14)3-6(9)10;1-3-2/h4-5H,2-3H2,1H3,(H,9,10)(H,11,12)(H,13,14);2H,1H3. The number of hydrogen-bond acceptors (Lipinski definition) is 5. The van der Waals surface area contributed by atoms with Crippen molar-refractivity contribution in [3.05, 3.63) is 0 Å². The minimum atomic E-state index is -1.28. The van der Waals surface area contributed by atoms with Gasteiger partial charge in [-0.2, -0.15) is 0 Å². The lowest BCUT2D eigenvalue weighted by molar-refractivity contribution is -0.214. The van der Waals surface area contributed by atoms with Crippen LogP contribution in [0.3, 0.4) is 0 Å². The van der Waals surface area contributed by atoms with Crippen LogP contribution in [-0.4, -0.2) is 45.6 Å². The Morgan fingerprint density at radius 1 is 1.12 bits per heavy atom. The number of carboxylic acids is 3. The summed E-state index contributed by atoms with van der Waals surface area (Å²) in [6.07, 6.45) is -0.718. The van der Waals surface area contributed by atoms with E-state index < -0.39 is 36.2 Å². The highest BCUT2D eigenvalue weighted by atomic mass is 17.1. The lowest BCUT2D eigenvalue weighted by atomic mass is 9.93. The van der Waals surface area contributed by atoms with Gasteiger partial charge in [0.15, 0.2) is 0 Å². The van der Waals surface area contributed by atoms with Crippen LogP contribution < -0.4 is 0 Å². The Morgan fingerprint density at radius 2 is 1.53 bits per heavy atom. The van der Waals surface area contributed by atoms with E-state index in [1.165, 1.54) is 14.0 Å². The second kappa shape index (κ2) is 9.55. The van der Waals surface area contributed by atoms with Crippen molar-refractivity contribution in [2.75, 3.05) is 7.11 Å². The molecule has 0 aliphatic heterocycles. The van der Waals surface area contributed by atoms with E-state index in [9.17, 15) is 14.4 Å². The average molecular weight is 252 g/mol. The van der Waals surface area contributed by atoms with Crippen LogP contribution in [0.5, 0.6) is 0 Å². The monoisotopic (exact) mass is 252 g/mol. The fourth-order valence-corrected chi connectivity index (χ4v) is 1.01. The Balaban J connectivity index is 0. The van der Waals surface area contributed by atoms with E-state index in [1.54, 1.807) is 0 Å². The maximum atomic E-state index is 10.5.